The van der Waals surface area contributed by atoms with Crippen LogP contribution in [0.5, 0.6) is 5.75 Å². The van der Waals surface area contributed by atoms with Crippen LogP contribution in [-0.4, -0.2) is 98.7 Å². The van der Waals surface area contributed by atoms with Gasteiger partial charge in [0.1, 0.15) is 23.7 Å². The van der Waals surface area contributed by atoms with Gasteiger partial charge in [-0.2, -0.15) is 0 Å². The number of aryl methyl sites for hydroxylation is 1. The molecule has 242 valence electrons. The van der Waals surface area contributed by atoms with Crippen LogP contribution in [0.2, 0.25) is 5.02 Å². The molecule has 1 aromatic heterocycles. The van der Waals surface area contributed by atoms with Crippen molar-refractivity contribution < 1.29 is 32.2 Å². The molecule has 3 rings (SSSR count). The van der Waals surface area contributed by atoms with Gasteiger partial charge in [-0.05, 0) is 66.4 Å². The van der Waals surface area contributed by atoms with E-state index in [0.29, 0.717) is 53.6 Å². The van der Waals surface area contributed by atoms with Crippen LogP contribution in [0.15, 0.2) is 18.2 Å². The molecule has 2 heterocycles. The smallest absolute Gasteiger partial charge is 0.410 e. The van der Waals surface area contributed by atoms with E-state index >= 15 is 0 Å². The summed E-state index contributed by atoms with van der Waals surface area (Å²) in [7, 11) is -1.71. The Kier molecular flexibility index (Phi) is 12.2. The number of fused-ring (bicyclic) bond motifs is 1. The molecule has 1 aromatic carbocycles. The van der Waals surface area contributed by atoms with E-state index in [4.69, 9.17) is 25.8 Å². The number of aromatic nitrogens is 1. The van der Waals surface area contributed by atoms with Crippen LogP contribution in [0.1, 0.15) is 70.8 Å². The van der Waals surface area contributed by atoms with Gasteiger partial charge in [0.2, 0.25) is 10.0 Å². The Hall–Kier alpha value is -2.54. The van der Waals surface area contributed by atoms with Crippen LogP contribution in [-0.2, 0) is 26.0 Å². The highest BCUT2D eigenvalue weighted by Crippen LogP contribution is 2.38. The number of unbranched alkanes of at least 4 members (excludes halogenated alkanes) is 1. The summed E-state index contributed by atoms with van der Waals surface area (Å²) >= 11 is 7.01. The summed E-state index contributed by atoms with van der Waals surface area (Å²) in [6, 6.07) is 5.06. The van der Waals surface area contributed by atoms with Gasteiger partial charge in [-0.15, -0.1) is 0 Å². The highest BCUT2D eigenvalue weighted by molar-refractivity contribution is 7.88. The average molecular weight is 643 g/mol. The van der Waals surface area contributed by atoms with Gasteiger partial charge in [0.05, 0.1) is 22.8 Å². The number of hydrogen-bond acceptors (Lipinski definition) is 7. The first-order valence-corrected chi connectivity index (χ1v) is 17.1. The van der Waals surface area contributed by atoms with Crippen molar-refractivity contribution >= 4 is 44.5 Å². The number of halogens is 1. The molecule has 1 atom stereocenters. The first kappa shape index (κ1) is 34.9. The molecule has 0 aliphatic carbocycles. The third-order valence-electron chi connectivity index (χ3n) is 7.12. The third kappa shape index (κ3) is 9.47. The number of nitrogens with one attached hydrogen (secondary N) is 1. The van der Waals surface area contributed by atoms with Crippen molar-refractivity contribution in [2.75, 3.05) is 46.2 Å². The van der Waals surface area contributed by atoms with E-state index in [1.165, 1.54) is 0 Å². The van der Waals surface area contributed by atoms with E-state index in [1.54, 1.807) is 24.1 Å². The number of sulfonamides is 1. The number of para-hydroxylation sites is 1. The molecule has 0 spiro atoms. The van der Waals surface area contributed by atoms with Crippen LogP contribution >= 0.6 is 11.6 Å². The Bertz CT molecular complexity index is 1370. The zero-order valence-corrected chi connectivity index (χ0v) is 28.0. The van der Waals surface area contributed by atoms with E-state index in [9.17, 15) is 18.0 Å². The number of carbonyl (C=O) groups excluding carboxylic acids is 2. The summed E-state index contributed by atoms with van der Waals surface area (Å²) < 4.78 is 44.2. The SMILES string of the molecule is COCCCCn1c(C(=O)N(C(C)C)[C@@H]2CCCN(C(=O)OC(C)(C)C)C2)c(Cl)c2cccc(OCCNS(C)(=O)=O)c21. The lowest BCUT2D eigenvalue weighted by Gasteiger charge is -2.41. The third-order valence-corrected chi connectivity index (χ3v) is 8.23. The van der Waals surface area contributed by atoms with E-state index < -0.39 is 15.6 Å². The molecular formula is C30H47ClN4O7S. The number of likely N-dealkylation sites (tertiary alicyclic amines) is 1. The normalized spacial score (nSPS) is 16.1. The van der Waals surface area contributed by atoms with Gasteiger partial charge >= 0.3 is 6.09 Å². The van der Waals surface area contributed by atoms with Gasteiger partial charge in [-0.25, -0.2) is 17.9 Å². The Labute approximate surface area is 260 Å². The summed E-state index contributed by atoms with van der Waals surface area (Å²) in [5, 5.41) is 1.00. The second-order valence-corrected chi connectivity index (χ2v) is 14.4. The van der Waals surface area contributed by atoms with Gasteiger partial charge in [0.15, 0.2) is 0 Å². The predicted octanol–water partition coefficient (Wildman–Crippen LogP) is 4.90. The van der Waals surface area contributed by atoms with Crippen LogP contribution in [0.25, 0.3) is 10.9 Å². The summed E-state index contributed by atoms with van der Waals surface area (Å²) in [6.45, 7) is 11.7. The van der Waals surface area contributed by atoms with Gasteiger partial charge < -0.3 is 28.6 Å². The summed E-state index contributed by atoms with van der Waals surface area (Å²) in [5.74, 6) is 0.286. The van der Waals surface area contributed by atoms with Crippen LogP contribution in [0, 0.1) is 0 Å². The molecular weight excluding hydrogens is 596 g/mol. The molecule has 1 aliphatic heterocycles. The molecule has 43 heavy (non-hydrogen) atoms. The summed E-state index contributed by atoms with van der Waals surface area (Å²) in [6.07, 6.45) is 3.71. The van der Waals surface area contributed by atoms with Gasteiger partial charge in [-0.3, -0.25) is 4.79 Å². The zero-order valence-electron chi connectivity index (χ0n) is 26.4. The number of piperidine rings is 1. The number of methoxy groups -OCH3 is 1. The van der Waals surface area contributed by atoms with E-state index in [1.807, 2.05) is 50.2 Å². The summed E-state index contributed by atoms with van der Waals surface area (Å²) in [4.78, 5) is 30.9. The van der Waals surface area contributed by atoms with Crippen molar-refractivity contribution in [2.45, 2.75) is 84.5 Å². The molecule has 1 aliphatic rings. The van der Waals surface area contributed by atoms with E-state index in [2.05, 4.69) is 4.72 Å². The first-order chi connectivity index (χ1) is 20.1. The minimum absolute atomic E-state index is 0.0975. The van der Waals surface area contributed by atoms with Crippen LogP contribution in [0.3, 0.4) is 0 Å². The van der Waals surface area contributed by atoms with Crippen molar-refractivity contribution in [2.24, 2.45) is 0 Å². The fourth-order valence-corrected chi connectivity index (χ4v) is 6.20. The maximum Gasteiger partial charge on any atom is 0.410 e. The van der Waals surface area contributed by atoms with Gasteiger partial charge in [-0.1, -0.05) is 23.7 Å². The maximum atomic E-state index is 14.5. The first-order valence-electron chi connectivity index (χ1n) is 14.8. The molecule has 1 fully saturated rings. The van der Waals surface area contributed by atoms with E-state index in [-0.39, 0.29) is 37.2 Å². The second-order valence-electron chi connectivity index (χ2n) is 12.2. The number of carbonyl (C=O) groups is 2. The molecule has 1 N–H and O–H groups in total. The predicted molar refractivity (Wildman–Crippen MR) is 169 cm³/mol. The van der Waals surface area contributed by atoms with Gasteiger partial charge in [0.25, 0.3) is 5.91 Å². The number of hydrogen-bond donors (Lipinski definition) is 1. The molecule has 0 saturated carbocycles. The van der Waals surface area contributed by atoms with Crippen molar-refractivity contribution in [1.82, 2.24) is 19.1 Å². The largest absolute Gasteiger partial charge is 0.490 e. The molecule has 0 bridgehead atoms. The molecule has 0 radical (unpaired) electrons. The lowest BCUT2D eigenvalue weighted by atomic mass is 10.0. The van der Waals surface area contributed by atoms with Crippen LogP contribution in [0.4, 0.5) is 4.79 Å². The lowest BCUT2D eigenvalue weighted by Crippen LogP contribution is -2.54. The molecule has 1 saturated heterocycles. The Morgan fingerprint density at radius 2 is 1.91 bits per heavy atom. The van der Waals surface area contributed by atoms with Crippen molar-refractivity contribution in [3.05, 3.63) is 28.9 Å². The molecule has 13 heteroatoms. The zero-order chi connectivity index (χ0) is 31.9. The Morgan fingerprint density at radius 1 is 1.19 bits per heavy atom. The van der Waals surface area contributed by atoms with Crippen molar-refractivity contribution in [3.63, 3.8) is 0 Å². The average Bonchev–Trinajstić information content (AvgIpc) is 3.19. The van der Waals surface area contributed by atoms with Crippen molar-refractivity contribution in [1.29, 1.82) is 0 Å². The highest BCUT2D eigenvalue weighted by Gasteiger charge is 2.37. The lowest BCUT2D eigenvalue weighted by molar-refractivity contribution is 0.00733. The molecule has 11 nitrogen and oxygen atoms in total. The fourth-order valence-electron chi connectivity index (χ4n) is 5.41. The maximum absolute atomic E-state index is 14.5. The Morgan fingerprint density at radius 3 is 2.53 bits per heavy atom. The minimum Gasteiger partial charge on any atom is -0.490 e. The van der Waals surface area contributed by atoms with E-state index in [0.717, 1.165) is 31.9 Å². The summed E-state index contributed by atoms with van der Waals surface area (Å²) in [5.41, 5.74) is 0.424. The monoisotopic (exact) mass is 642 g/mol. The number of ether oxygens (including phenoxy) is 3. The topological polar surface area (TPSA) is 119 Å². The van der Waals surface area contributed by atoms with Crippen LogP contribution < -0.4 is 9.46 Å². The molecule has 2 aromatic rings. The number of amides is 2. The van der Waals surface area contributed by atoms with Crippen molar-refractivity contribution in [3.8, 4) is 5.75 Å². The quantitative estimate of drug-likeness (QED) is 0.309. The van der Waals surface area contributed by atoms with Gasteiger partial charge in [0, 0.05) is 51.3 Å². The standard InChI is InChI=1S/C30H47ClN4O7S/c1-21(2)35(22-12-11-16-33(20-22)29(37)42-30(3,4)5)28(36)27-25(31)23-13-10-14-24(41-19-15-32-43(7,38)39)26(23)34(27)17-8-9-18-40-6/h10,13-14,21-22,32H,8-9,11-12,15-20H2,1-7H3/t22-/m1/s1. The highest BCUT2D eigenvalue weighted by atomic mass is 35.5. The fraction of sp³-hybridized carbons (Fsp3) is 0.667. The number of rotatable bonds is 13. The second kappa shape index (κ2) is 15.0. The molecule has 0 unspecified atom stereocenters. The number of benzene rings is 1. The molecule has 2 amide bonds. The minimum atomic E-state index is -3.36. The Balaban J connectivity index is 2.00. The number of nitrogens with zero attached hydrogens (tertiary/aromatic N) is 3.